The molecule has 4 nitrogen and oxygen atoms in total. The van der Waals surface area contributed by atoms with Crippen molar-refractivity contribution in [1.29, 1.82) is 0 Å². The van der Waals surface area contributed by atoms with E-state index in [2.05, 4.69) is 59.8 Å². The van der Waals surface area contributed by atoms with Crippen LogP contribution in [0.1, 0.15) is 51.0 Å². The van der Waals surface area contributed by atoms with Crippen molar-refractivity contribution < 1.29 is 4.74 Å². The highest BCUT2D eigenvalue weighted by Gasteiger charge is 2.66. The van der Waals surface area contributed by atoms with Crippen molar-refractivity contribution in [3.63, 3.8) is 0 Å². The molecule has 1 heterocycles. The molecular weight excluding hydrogens is 437 g/mol. The molecule has 0 bridgehead atoms. The quantitative estimate of drug-likeness (QED) is 0.399. The Morgan fingerprint density at radius 2 is 1.96 bits per heavy atom. The van der Waals surface area contributed by atoms with Gasteiger partial charge in [-0.15, -0.1) is 24.0 Å². The Labute approximate surface area is 174 Å². The van der Waals surface area contributed by atoms with E-state index >= 15 is 0 Å². The Bertz CT molecular complexity index is 631. The lowest BCUT2D eigenvalue weighted by atomic mass is 9.46. The number of nitrogens with one attached hydrogen (secondary N) is 2. The van der Waals surface area contributed by atoms with Crippen molar-refractivity contribution in [2.45, 2.75) is 63.6 Å². The Morgan fingerprint density at radius 3 is 2.58 bits per heavy atom. The predicted molar refractivity (Wildman–Crippen MR) is 117 cm³/mol. The van der Waals surface area contributed by atoms with Crippen molar-refractivity contribution >= 4 is 29.9 Å². The molecule has 1 spiro atoms. The van der Waals surface area contributed by atoms with Crippen LogP contribution in [0.5, 0.6) is 0 Å². The molecule has 1 saturated heterocycles. The van der Waals surface area contributed by atoms with Crippen LogP contribution in [-0.4, -0.2) is 37.8 Å². The van der Waals surface area contributed by atoms with E-state index in [9.17, 15) is 0 Å². The van der Waals surface area contributed by atoms with Crippen LogP contribution in [-0.2, 0) is 4.74 Å². The van der Waals surface area contributed by atoms with Crippen LogP contribution in [0.3, 0.4) is 0 Å². The number of halogens is 1. The fraction of sp³-hybridized carbons (Fsp3) is 0.667. The molecule has 3 fully saturated rings. The van der Waals surface area contributed by atoms with E-state index in [1.54, 1.807) is 0 Å². The van der Waals surface area contributed by atoms with Gasteiger partial charge in [0.05, 0.1) is 6.10 Å². The van der Waals surface area contributed by atoms with Gasteiger partial charge in [-0.2, -0.15) is 0 Å². The normalized spacial score (nSPS) is 31.0. The summed E-state index contributed by atoms with van der Waals surface area (Å²) in [6, 6.07) is 11.6. The molecule has 0 radical (unpaired) electrons. The Morgan fingerprint density at radius 1 is 1.23 bits per heavy atom. The zero-order valence-electron chi connectivity index (χ0n) is 16.1. The summed E-state index contributed by atoms with van der Waals surface area (Å²) < 4.78 is 6.03. The summed E-state index contributed by atoms with van der Waals surface area (Å²) >= 11 is 0. The van der Waals surface area contributed by atoms with E-state index in [1.807, 2.05) is 7.05 Å². The van der Waals surface area contributed by atoms with Crippen LogP contribution in [0.4, 0.5) is 0 Å². The van der Waals surface area contributed by atoms with E-state index in [4.69, 9.17) is 4.74 Å². The lowest BCUT2D eigenvalue weighted by Gasteiger charge is -2.63. The van der Waals surface area contributed by atoms with Gasteiger partial charge in [-0.1, -0.05) is 43.7 Å². The van der Waals surface area contributed by atoms with Crippen molar-refractivity contribution in [3.8, 4) is 0 Å². The van der Waals surface area contributed by atoms with Crippen LogP contribution < -0.4 is 10.6 Å². The maximum absolute atomic E-state index is 6.03. The van der Waals surface area contributed by atoms with Crippen LogP contribution in [0.25, 0.3) is 0 Å². The maximum Gasteiger partial charge on any atom is 0.191 e. The molecule has 26 heavy (non-hydrogen) atoms. The zero-order chi connectivity index (χ0) is 17.4. The first kappa shape index (κ1) is 19.9. The molecule has 2 N–H and O–H groups in total. The Kier molecular flexibility index (Phi) is 6.17. The van der Waals surface area contributed by atoms with Crippen molar-refractivity contribution in [1.82, 2.24) is 10.6 Å². The SMILES string of the molecule is CN=C(NC(C)C(C)c1ccccc1)NC1C2CCOC2C12CCC2.I. The van der Waals surface area contributed by atoms with Gasteiger partial charge in [-0.3, -0.25) is 4.99 Å². The molecule has 4 rings (SSSR count). The average molecular weight is 469 g/mol. The lowest BCUT2D eigenvalue weighted by molar-refractivity contribution is -0.171. The molecule has 1 aromatic carbocycles. The van der Waals surface area contributed by atoms with E-state index < -0.39 is 0 Å². The van der Waals surface area contributed by atoms with Crippen LogP contribution in [0.2, 0.25) is 0 Å². The fourth-order valence-electron chi connectivity index (χ4n) is 5.16. The molecule has 1 aliphatic heterocycles. The van der Waals surface area contributed by atoms with Crippen molar-refractivity contribution in [2.24, 2.45) is 16.3 Å². The highest BCUT2D eigenvalue weighted by molar-refractivity contribution is 14.0. The van der Waals surface area contributed by atoms with Gasteiger partial charge in [0.25, 0.3) is 0 Å². The van der Waals surface area contributed by atoms with Gasteiger partial charge in [0.15, 0.2) is 5.96 Å². The summed E-state index contributed by atoms with van der Waals surface area (Å²) in [5.74, 6) is 2.04. The number of ether oxygens (including phenoxy) is 1. The predicted octanol–water partition coefficient (Wildman–Crippen LogP) is 3.92. The highest BCUT2D eigenvalue weighted by Crippen LogP contribution is 2.62. The van der Waals surface area contributed by atoms with Gasteiger partial charge in [-0.25, -0.2) is 0 Å². The number of rotatable bonds is 4. The molecule has 3 aliphatic rings. The molecule has 5 heteroatoms. The minimum atomic E-state index is 0. The number of fused-ring (bicyclic) bond motifs is 2. The zero-order valence-corrected chi connectivity index (χ0v) is 18.4. The third-order valence-corrected chi connectivity index (χ3v) is 6.99. The summed E-state index contributed by atoms with van der Waals surface area (Å²) in [6.07, 6.45) is 5.64. The van der Waals surface area contributed by atoms with Gasteiger partial charge in [0.1, 0.15) is 0 Å². The molecule has 0 aromatic heterocycles. The molecule has 2 saturated carbocycles. The largest absolute Gasteiger partial charge is 0.377 e. The van der Waals surface area contributed by atoms with Gasteiger partial charge in [-0.05, 0) is 31.7 Å². The third kappa shape index (κ3) is 3.26. The highest BCUT2D eigenvalue weighted by atomic mass is 127. The number of hydrogen-bond acceptors (Lipinski definition) is 2. The second kappa shape index (κ2) is 8.05. The van der Waals surface area contributed by atoms with E-state index in [0.717, 1.165) is 12.6 Å². The smallest absolute Gasteiger partial charge is 0.191 e. The Balaban J connectivity index is 0.00000196. The molecule has 5 atom stereocenters. The van der Waals surface area contributed by atoms with Crippen LogP contribution in [0.15, 0.2) is 35.3 Å². The summed E-state index contributed by atoms with van der Waals surface area (Å²) in [7, 11) is 1.88. The second-order valence-electron chi connectivity index (χ2n) is 8.16. The van der Waals surface area contributed by atoms with E-state index in [-0.39, 0.29) is 24.0 Å². The molecule has 1 aromatic rings. The second-order valence-corrected chi connectivity index (χ2v) is 8.16. The van der Waals surface area contributed by atoms with E-state index in [1.165, 1.54) is 31.2 Å². The average Bonchev–Trinajstić information content (AvgIpc) is 3.02. The first-order chi connectivity index (χ1) is 12.2. The van der Waals surface area contributed by atoms with Gasteiger partial charge in [0.2, 0.25) is 0 Å². The van der Waals surface area contributed by atoms with Crippen molar-refractivity contribution in [2.75, 3.05) is 13.7 Å². The summed E-state index contributed by atoms with van der Waals surface area (Å²) in [5, 5.41) is 7.39. The summed E-state index contributed by atoms with van der Waals surface area (Å²) in [5.41, 5.74) is 1.74. The third-order valence-electron chi connectivity index (χ3n) is 6.99. The first-order valence-electron chi connectivity index (χ1n) is 9.82. The molecule has 144 valence electrons. The molecule has 2 aliphatic carbocycles. The maximum atomic E-state index is 6.03. The van der Waals surface area contributed by atoms with Gasteiger partial charge >= 0.3 is 0 Å². The number of hydrogen-bond donors (Lipinski definition) is 2. The number of aliphatic imine (C=N–C) groups is 1. The number of benzene rings is 1. The molecule has 0 amide bonds. The summed E-state index contributed by atoms with van der Waals surface area (Å²) in [4.78, 5) is 4.52. The standard InChI is InChI=1S/C21H31N3O.HI/c1-14(16-8-5-4-6-9-16)15(2)23-20(22-3)24-18-17-10-13-25-19(17)21(18)11-7-12-21;/h4-6,8-9,14-15,17-19H,7,10-13H2,1-3H3,(H2,22,23,24);1H. The van der Waals surface area contributed by atoms with Gasteiger partial charge in [0, 0.05) is 43.0 Å². The summed E-state index contributed by atoms with van der Waals surface area (Å²) in [6.45, 7) is 5.45. The topological polar surface area (TPSA) is 45.7 Å². The van der Waals surface area contributed by atoms with Crippen molar-refractivity contribution in [3.05, 3.63) is 35.9 Å². The monoisotopic (exact) mass is 469 g/mol. The van der Waals surface area contributed by atoms with Gasteiger partial charge < -0.3 is 15.4 Å². The Hall–Kier alpha value is -0.820. The lowest BCUT2D eigenvalue weighted by Crippen LogP contribution is -2.72. The molecular formula is C21H32IN3O. The first-order valence-corrected chi connectivity index (χ1v) is 9.82. The fourth-order valence-corrected chi connectivity index (χ4v) is 5.16. The van der Waals surface area contributed by atoms with Crippen LogP contribution >= 0.6 is 24.0 Å². The minimum absolute atomic E-state index is 0. The number of guanidine groups is 1. The van der Waals surface area contributed by atoms with E-state index in [0.29, 0.717) is 35.4 Å². The minimum Gasteiger partial charge on any atom is -0.377 e. The number of nitrogens with zero attached hydrogens (tertiary/aromatic N) is 1. The van der Waals surface area contributed by atoms with Crippen LogP contribution in [0, 0.1) is 11.3 Å². The molecule has 5 unspecified atom stereocenters.